The van der Waals surface area contributed by atoms with Crippen molar-refractivity contribution < 1.29 is 31.1 Å². The summed E-state index contributed by atoms with van der Waals surface area (Å²) in [5.41, 5.74) is -0.511. The van der Waals surface area contributed by atoms with E-state index in [4.69, 9.17) is 4.74 Å². The lowest BCUT2D eigenvalue weighted by Gasteiger charge is -2.26. The fraction of sp³-hybridized carbons (Fsp3) is 0.455. The van der Waals surface area contributed by atoms with Crippen molar-refractivity contribution in [2.45, 2.75) is 42.9 Å². The summed E-state index contributed by atoms with van der Waals surface area (Å²) < 4.78 is 71.2. The third-order valence-corrected chi connectivity index (χ3v) is 7.75. The Kier molecular flexibility index (Phi) is 6.62. The van der Waals surface area contributed by atoms with E-state index in [1.54, 1.807) is 0 Å². The van der Waals surface area contributed by atoms with Gasteiger partial charge in [-0.2, -0.15) is 17.5 Å². The van der Waals surface area contributed by atoms with Crippen LogP contribution in [-0.2, 0) is 16.2 Å². The molecule has 1 amide bonds. The summed E-state index contributed by atoms with van der Waals surface area (Å²) in [5.74, 6) is -0.434. The molecule has 33 heavy (non-hydrogen) atoms. The van der Waals surface area contributed by atoms with E-state index < -0.39 is 27.9 Å². The van der Waals surface area contributed by atoms with E-state index in [1.165, 1.54) is 33.5 Å². The molecule has 2 fully saturated rings. The standard InChI is InChI=1S/C22H24F3N3O4S/c23-22(24,25)17-8-10-26-20(14-17)32-18-9-13-27(15-18)21(29)16-4-6-19(7-5-16)33(30,31)28-11-2-1-3-12-28/h4-8,10,14,18H,1-3,9,11-13,15H2. The Morgan fingerprint density at radius 2 is 1.73 bits per heavy atom. The molecule has 0 spiro atoms. The van der Waals surface area contributed by atoms with Gasteiger partial charge in [0.25, 0.3) is 5.91 Å². The van der Waals surface area contributed by atoms with Gasteiger partial charge in [-0.1, -0.05) is 6.42 Å². The molecule has 178 valence electrons. The monoisotopic (exact) mass is 483 g/mol. The number of piperidine rings is 1. The fourth-order valence-electron chi connectivity index (χ4n) is 4.04. The molecular formula is C22H24F3N3O4S. The predicted molar refractivity (Wildman–Crippen MR) is 113 cm³/mol. The minimum absolute atomic E-state index is 0.142. The summed E-state index contributed by atoms with van der Waals surface area (Å²) in [7, 11) is -3.58. The maximum Gasteiger partial charge on any atom is 0.416 e. The van der Waals surface area contributed by atoms with Crippen molar-refractivity contribution in [2.24, 2.45) is 0 Å². The molecule has 1 atom stereocenters. The summed E-state index contributed by atoms with van der Waals surface area (Å²) in [5, 5.41) is 0. The Morgan fingerprint density at radius 1 is 1.03 bits per heavy atom. The summed E-state index contributed by atoms with van der Waals surface area (Å²) in [6.07, 6.45) is -0.797. The van der Waals surface area contributed by atoms with Gasteiger partial charge in [-0.25, -0.2) is 13.4 Å². The molecule has 0 aliphatic carbocycles. The van der Waals surface area contributed by atoms with Gasteiger partial charge < -0.3 is 9.64 Å². The Morgan fingerprint density at radius 3 is 2.39 bits per heavy atom. The van der Waals surface area contributed by atoms with Crippen molar-refractivity contribution in [2.75, 3.05) is 26.2 Å². The zero-order valence-corrected chi connectivity index (χ0v) is 18.6. The molecule has 1 unspecified atom stereocenters. The van der Waals surface area contributed by atoms with Gasteiger partial charge >= 0.3 is 6.18 Å². The first-order valence-corrected chi connectivity index (χ1v) is 12.2. The van der Waals surface area contributed by atoms with Gasteiger partial charge in [0, 0.05) is 43.9 Å². The third kappa shape index (κ3) is 5.30. The van der Waals surface area contributed by atoms with E-state index in [9.17, 15) is 26.4 Å². The highest BCUT2D eigenvalue weighted by molar-refractivity contribution is 7.89. The average molecular weight is 484 g/mol. The van der Waals surface area contributed by atoms with E-state index in [-0.39, 0.29) is 23.2 Å². The molecule has 0 N–H and O–H groups in total. The van der Waals surface area contributed by atoms with Gasteiger partial charge in [0.05, 0.1) is 17.0 Å². The van der Waals surface area contributed by atoms with E-state index in [1.807, 2.05) is 0 Å². The molecule has 7 nitrogen and oxygen atoms in total. The number of pyridine rings is 1. The first-order chi connectivity index (χ1) is 15.6. The zero-order valence-electron chi connectivity index (χ0n) is 17.8. The van der Waals surface area contributed by atoms with Crippen LogP contribution >= 0.6 is 0 Å². The Bertz CT molecular complexity index is 1100. The largest absolute Gasteiger partial charge is 0.472 e. The van der Waals surface area contributed by atoms with E-state index >= 15 is 0 Å². The lowest BCUT2D eigenvalue weighted by molar-refractivity contribution is -0.137. The van der Waals surface area contributed by atoms with E-state index in [0.29, 0.717) is 31.6 Å². The predicted octanol–water partition coefficient (Wildman–Crippen LogP) is 3.57. The Hall–Kier alpha value is -2.66. The third-order valence-electron chi connectivity index (χ3n) is 5.84. The van der Waals surface area contributed by atoms with Crippen LogP contribution in [0.3, 0.4) is 0 Å². The van der Waals surface area contributed by atoms with Crippen LogP contribution in [0, 0.1) is 0 Å². The summed E-state index contributed by atoms with van der Waals surface area (Å²) in [6, 6.07) is 7.56. The SMILES string of the molecule is O=C(c1ccc(S(=O)(=O)N2CCCCC2)cc1)N1CCC(Oc2cc(C(F)(F)F)ccn2)C1. The van der Waals surface area contributed by atoms with Crippen molar-refractivity contribution in [1.82, 2.24) is 14.2 Å². The molecule has 2 saturated heterocycles. The number of carbonyl (C=O) groups is 1. The van der Waals surface area contributed by atoms with Crippen LogP contribution in [0.1, 0.15) is 41.6 Å². The number of carbonyl (C=O) groups excluding carboxylic acids is 1. The fourth-order valence-corrected chi connectivity index (χ4v) is 5.55. The highest BCUT2D eigenvalue weighted by Crippen LogP contribution is 2.31. The van der Waals surface area contributed by atoms with Crippen LogP contribution in [0.5, 0.6) is 5.88 Å². The van der Waals surface area contributed by atoms with E-state index in [0.717, 1.165) is 37.6 Å². The number of ether oxygens (including phenoxy) is 1. The summed E-state index contributed by atoms with van der Waals surface area (Å²) >= 11 is 0. The second kappa shape index (κ2) is 9.30. The second-order valence-electron chi connectivity index (χ2n) is 8.15. The lowest BCUT2D eigenvalue weighted by Crippen LogP contribution is -2.35. The molecule has 4 rings (SSSR count). The number of sulfonamides is 1. The van der Waals surface area contributed by atoms with Crippen LogP contribution in [0.25, 0.3) is 0 Å². The van der Waals surface area contributed by atoms with Crippen molar-refractivity contribution in [3.05, 3.63) is 53.7 Å². The minimum atomic E-state index is -4.49. The molecule has 11 heteroatoms. The number of nitrogens with zero attached hydrogens (tertiary/aromatic N) is 3. The molecule has 1 aromatic carbocycles. The molecule has 1 aromatic heterocycles. The Balaban J connectivity index is 1.38. The van der Waals surface area contributed by atoms with Gasteiger partial charge in [-0.3, -0.25) is 4.79 Å². The number of alkyl halides is 3. The normalized spacial score (nSPS) is 20.1. The number of benzene rings is 1. The van der Waals surface area contributed by atoms with Crippen LogP contribution in [-0.4, -0.2) is 60.8 Å². The van der Waals surface area contributed by atoms with Gasteiger partial charge in [0.15, 0.2) is 0 Å². The van der Waals surface area contributed by atoms with Crippen LogP contribution in [0.15, 0.2) is 47.5 Å². The molecule has 2 aromatic rings. The van der Waals surface area contributed by atoms with Gasteiger partial charge in [-0.05, 0) is 43.2 Å². The lowest BCUT2D eigenvalue weighted by atomic mass is 10.2. The number of aromatic nitrogens is 1. The second-order valence-corrected chi connectivity index (χ2v) is 10.1. The number of likely N-dealkylation sites (tertiary alicyclic amines) is 1. The number of hydrogen-bond acceptors (Lipinski definition) is 5. The summed E-state index contributed by atoms with van der Waals surface area (Å²) in [4.78, 5) is 18.4. The minimum Gasteiger partial charge on any atom is -0.472 e. The maximum absolute atomic E-state index is 12.9. The van der Waals surface area contributed by atoms with Gasteiger partial charge in [-0.15, -0.1) is 0 Å². The molecule has 0 bridgehead atoms. The quantitative estimate of drug-likeness (QED) is 0.650. The first-order valence-electron chi connectivity index (χ1n) is 10.7. The maximum atomic E-state index is 12.9. The molecular weight excluding hydrogens is 459 g/mol. The van der Waals surface area contributed by atoms with Crippen molar-refractivity contribution >= 4 is 15.9 Å². The smallest absolute Gasteiger partial charge is 0.416 e. The van der Waals surface area contributed by atoms with Crippen molar-refractivity contribution in [3.8, 4) is 5.88 Å². The number of amides is 1. The highest BCUT2D eigenvalue weighted by Gasteiger charge is 2.33. The molecule has 2 aliphatic heterocycles. The first kappa shape index (κ1) is 23.5. The van der Waals surface area contributed by atoms with Crippen molar-refractivity contribution in [1.29, 1.82) is 0 Å². The number of halogens is 3. The van der Waals surface area contributed by atoms with Crippen molar-refractivity contribution in [3.63, 3.8) is 0 Å². The molecule has 2 aliphatic rings. The number of rotatable bonds is 5. The number of hydrogen-bond donors (Lipinski definition) is 0. The summed E-state index contributed by atoms with van der Waals surface area (Å²) in [6.45, 7) is 1.57. The van der Waals surface area contributed by atoms with E-state index in [2.05, 4.69) is 4.98 Å². The van der Waals surface area contributed by atoms with Crippen LogP contribution in [0.4, 0.5) is 13.2 Å². The zero-order chi connectivity index (χ0) is 23.6. The molecule has 0 radical (unpaired) electrons. The average Bonchev–Trinajstić information content (AvgIpc) is 3.27. The molecule has 0 saturated carbocycles. The topological polar surface area (TPSA) is 79.8 Å². The Labute approximate surface area is 190 Å². The van der Waals surface area contributed by atoms with Gasteiger partial charge in [0.2, 0.25) is 15.9 Å². The molecule has 3 heterocycles. The highest BCUT2D eigenvalue weighted by atomic mass is 32.2. The van der Waals surface area contributed by atoms with Gasteiger partial charge in [0.1, 0.15) is 6.10 Å². The van der Waals surface area contributed by atoms with Crippen LogP contribution < -0.4 is 4.74 Å². The van der Waals surface area contributed by atoms with Crippen LogP contribution in [0.2, 0.25) is 0 Å².